The molecule has 0 fully saturated rings. The van der Waals surface area contributed by atoms with E-state index in [-0.39, 0.29) is 5.12 Å². The van der Waals surface area contributed by atoms with Crippen molar-refractivity contribution in [2.75, 3.05) is 5.75 Å². The van der Waals surface area contributed by atoms with Crippen molar-refractivity contribution in [3.8, 4) is 0 Å². The first-order valence-electron chi connectivity index (χ1n) is 6.07. The van der Waals surface area contributed by atoms with Gasteiger partial charge in [0.25, 0.3) is 0 Å². The number of thioether (sulfide) groups is 2. The van der Waals surface area contributed by atoms with Gasteiger partial charge in [0.1, 0.15) is 0 Å². The van der Waals surface area contributed by atoms with Gasteiger partial charge in [0.05, 0.1) is 0 Å². The number of fused-ring (bicyclic) bond motifs is 3. The highest BCUT2D eigenvalue weighted by Gasteiger charge is 2.24. The molecule has 1 aliphatic rings. The van der Waals surface area contributed by atoms with Crippen molar-refractivity contribution < 1.29 is 4.79 Å². The fourth-order valence-corrected chi connectivity index (χ4v) is 4.85. The molecule has 0 bridgehead atoms. The van der Waals surface area contributed by atoms with Gasteiger partial charge in [-0.1, -0.05) is 42.1 Å². The Bertz CT molecular complexity index is 606. The molecule has 0 radical (unpaired) electrons. The van der Waals surface area contributed by atoms with E-state index in [0.29, 0.717) is 5.25 Å². The second-order valence-electron chi connectivity index (χ2n) is 4.43. The van der Waals surface area contributed by atoms with Crippen LogP contribution < -0.4 is 0 Å². The average Bonchev–Trinajstić information content (AvgIpc) is 2.38. The van der Waals surface area contributed by atoms with E-state index in [4.69, 9.17) is 0 Å². The van der Waals surface area contributed by atoms with Crippen LogP contribution in [0.1, 0.15) is 24.2 Å². The van der Waals surface area contributed by atoms with E-state index in [9.17, 15) is 4.79 Å². The van der Waals surface area contributed by atoms with E-state index in [1.807, 2.05) is 11.8 Å². The standard InChI is InChI=1S/C15H14OS2/c1-10(16)18-14-8-9-17-13-7-6-11-4-2-3-5-12(11)15(13)14/h2-7,14H,8-9H2,1H3. The van der Waals surface area contributed by atoms with Crippen LogP contribution >= 0.6 is 23.5 Å². The Morgan fingerprint density at radius 3 is 2.94 bits per heavy atom. The Balaban J connectivity index is 2.18. The summed E-state index contributed by atoms with van der Waals surface area (Å²) in [6.07, 6.45) is 1.08. The lowest BCUT2D eigenvalue weighted by Crippen LogP contribution is -2.06. The highest BCUT2D eigenvalue weighted by molar-refractivity contribution is 8.13. The van der Waals surface area contributed by atoms with Crippen molar-refractivity contribution >= 4 is 39.4 Å². The third kappa shape index (κ3) is 2.17. The first kappa shape index (κ1) is 12.1. The van der Waals surface area contributed by atoms with Gasteiger partial charge in [-0.3, -0.25) is 4.79 Å². The van der Waals surface area contributed by atoms with Gasteiger partial charge in [-0.25, -0.2) is 0 Å². The molecule has 0 spiro atoms. The molecule has 0 saturated heterocycles. The molecule has 2 aromatic carbocycles. The zero-order valence-electron chi connectivity index (χ0n) is 10.2. The second-order valence-corrected chi connectivity index (χ2v) is 6.95. The Morgan fingerprint density at radius 1 is 1.28 bits per heavy atom. The van der Waals surface area contributed by atoms with E-state index in [0.717, 1.165) is 12.2 Å². The lowest BCUT2D eigenvalue weighted by molar-refractivity contribution is -0.109. The largest absolute Gasteiger partial charge is 0.288 e. The molecule has 1 atom stereocenters. The minimum Gasteiger partial charge on any atom is -0.288 e. The average molecular weight is 274 g/mol. The maximum Gasteiger partial charge on any atom is 0.186 e. The molecule has 92 valence electrons. The maximum absolute atomic E-state index is 11.4. The van der Waals surface area contributed by atoms with Gasteiger partial charge in [0.2, 0.25) is 0 Å². The molecule has 1 unspecified atom stereocenters. The number of benzene rings is 2. The van der Waals surface area contributed by atoms with Gasteiger partial charge in [-0.15, -0.1) is 11.8 Å². The third-order valence-electron chi connectivity index (χ3n) is 3.20. The summed E-state index contributed by atoms with van der Waals surface area (Å²) in [7, 11) is 0. The summed E-state index contributed by atoms with van der Waals surface area (Å²) in [4.78, 5) is 12.8. The predicted octanol–water partition coefficient (Wildman–Crippen LogP) is 4.66. The summed E-state index contributed by atoms with van der Waals surface area (Å²) in [6.45, 7) is 1.66. The summed E-state index contributed by atoms with van der Waals surface area (Å²) in [6, 6.07) is 12.9. The van der Waals surface area contributed by atoms with Gasteiger partial charge in [-0.2, -0.15) is 0 Å². The van der Waals surface area contributed by atoms with E-state index in [1.165, 1.54) is 33.0 Å². The highest BCUT2D eigenvalue weighted by atomic mass is 32.2. The number of hydrogen-bond donors (Lipinski definition) is 0. The molecule has 0 N–H and O–H groups in total. The molecule has 3 heteroatoms. The van der Waals surface area contributed by atoms with Gasteiger partial charge in [-0.05, 0) is 34.6 Å². The third-order valence-corrected chi connectivity index (χ3v) is 5.39. The SMILES string of the molecule is CC(=O)SC1CCSc2ccc3ccccc3c21. The Kier molecular flexibility index (Phi) is 3.35. The number of hydrogen-bond acceptors (Lipinski definition) is 3. The molecule has 1 heterocycles. The van der Waals surface area contributed by atoms with E-state index < -0.39 is 0 Å². The van der Waals surface area contributed by atoms with E-state index in [1.54, 1.807) is 6.92 Å². The zero-order valence-corrected chi connectivity index (χ0v) is 11.8. The zero-order chi connectivity index (χ0) is 12.5. The smallest absolute Gasteiger partial charge is 0.186 e. The fraction of sp³-hybridized carbons (Fsp3) is 0.267. The summed E-state index contributed by atoms with van der Waals surface area (Å²) < 4.78 is 0. The molecule has 18 heavy (non-hydrogen) atoms. The lowest BCUT2D eigenvalue weighted by Gasteiger charge is -2.25. The van der Waals surface area contributed by atoms with Crippen LogP contribution in [0.15, 0.2) is 41.3 Å². The topological polar surface area (TPSA) is 17.1 Å². The number of carbonyl (C=O) groups excluding carboxylic acids is 1. The van der Waals surface area contributed by atoms with Crippen molar-refractivity contribution in [2.45, 2.75) is 23.5 Å². The highest BCUT2D eigenvalue weighted by Crippen LogP contribution is 2.46. The van der Waals surface area contributed by atoms with Gasteiger partial charge >= 0.3 is 0 Å². The van der Waals surface area contributed by atoms with Crippen molar-refractivity contribution in [1.82, 2.24) is 0 Å². The van der Waals surface area contributed by atoms with Crippen LogP contribution in [0.25, 0.3) is 10.8 Å². The maximum atomic E-state index is 11.4. The Hall–Kier alpha value is -0.930. The minimum absolute atomic E-state index is 0.214. The molecule has 0 aromatic heterocycles. The molecule has 2 aromatic rings. The first-order chi connectivity index (χ1) is 8.75. The molecule has 0 aliphatic carbocycles. The van der Waals surface area contributed by atoms with Crippen molar-refractivity contribution in [2.24, 2.45) is 0 Å². The Morgan fingerprint density at radius 2 is 2.11 bits per heavy atom. The van der Waals surface area contributed by atoms with Gasteiger partial charge in [0.15, 0.2) is 5.12 Å². The number of carbonyl (C=O) groups is 1. The second kappa shape index (κ2) is 4.98. The van der Waals surface area contributed by atoms with Gasteiger partial charge < -0.3 is 0 Å². The van der Waals surface area contributed by atoms with Crippen LogP contribution in [0.5, 0.6) is 0 Å². The van der Waals surface area contributed by atoms with Crippen molar-refractivity contribution in [3.63, 3.8) is 0 Å². The summed E-state index contributed by atoms with van der Waals surface area (Å²) in [5.41, 5.74) is 1.37. The monoisotopic (exact) mass is 274 g/mol. The summed E-state index contributed by atoms with van der Waals surface area (Å²) in [5, 5.41) is 3.12. The van der Waals surface area contributed by atoms with Crippen molar-refractivity contribution in [3.05, 3.63) is 42.0 Å². The van der Waals surface area contributed by atoms with Crippen molar-refractivity contribution in [1.29, 1.82) is 0 Å². The van der Waals surface area contributed by atoms with E-state index >= 15 is 0 Å². The quantitative estimate of drug-likeness (QED) is 0.753. The molecular weight excluding hydrogens is 260 g/mol. The first-order valence-corrected chi connectivity index (χ1v) is 7.94. The summed E-state index contributed by atoms with van der Waals surface area (Å²) >= 11 is 3.39. The predicted molar refractivity (Wildman–Crippen MR) is 80.3 cm³/mol. The fourth-order valence-electron chi connectivity index (χ4n) is 2.47. The Labute approximate surface area is 115 Å². The molecule has 0 saturated carbocycles. The molecule has 3 rings (SSSR count). The van der Waals surface area contributed by atoms with Crippen LogP contribution in [-0.2, 0) is 4.79 Å². The molecule has 0 amide bonds. The van der Waals surface area contributed by atoms with Crippen LogP contribution in [0.3, 0.4) is 0 Å². The number of rotatable bonds is 1. The van der Waals surface area contributed by atoms with Crippen LogP contribution in [0, 0.1) is 0 Å². The van der Waals surface area contributed by atoms with E-state index in [2.05, 4.69) is 36.4 Å². The molecule has 1 nitrogen and oxygen atoms in total. The van der Waals surface area contributed by atoms with Crippen LogP contribution in [0.4, 0.5) is 0 Å². The van der Waals surface area contributed by atoms with Crippen LogP contribution in [-0.4, -0.2) is 10.9 Å². The van der Waals surface area contributed by atoms with Gasteiger partial charge in [0, 0.05) is 17.1 Å². The minimum atomic E-state index is 0.214. The van der Waals surface area contributed by atoms with Crippen LogP contribution in [0.2, 0.25) is 0 Å². The molecular formula is C15H14OS2. The molecule has 1 aliphatic heterocycles. The lowest BCUT2D eigenvalue weighted by atomic mass is 10.0. The normalized spacial score (nSPS) is 18.6. The summed E-state index contributed by atoms with van der Waals surface area (Å²) in [5.74, 6) is 1.11.